The molecule has 80 valence electrons. The van der Waals surface area contributed by atoms with Crippen molar-refractivity contribution in [3.63, 3.8) is 0 Å². The second-order valence-electron chi connectivity index (χ2n) is 3.96. The Bertz CT molecular complexity index is 401. The Hall–Kier alpha value is -0.920. The van der Waals surface area contributed by atoms with Crippen molar-refractivity contribution < 1.29 is 4.74 Å². The lowest BCUT2D eigenvalue weighted by atomic mass is 9.85. The van der Waals surface area contributed by atoms with Crippen molar-refractivity contribution in [3.8, 4) is 6.07 Å². The van der Waals surface area contributed by atoms with Crippen LogP contribution in [0.5, 0.6) is 0 Å². The minimum Gasteiger partial charge on any atom is -0.377 e. The van der Waals surface area contributed by atoms with E-state index in [1.54, 1.807) is 11.3 Å². The maximum atomic E-state index is 9.20. The average molecular weight is 222 g/mol. The summed E-state index contributed by atoms with van der Waals surface area (Å²) < 4.78 is 5.16. The smallest absolute Gasteiger partial charge is 0.140 e. The van der Waals surface area contributed by atoms with Crippen LogP contribution in [0.15, 0.2) is 0 Å². The molecule has 0 aliphatic carbocycles. The number of nitrogens with zero attached hydrogens (tertiary/aromatic N) is 2. The second kappa shape index (κ2) is 3.92. The lowest BCUT2D eigenvalue weighted by Gasteiger charge is -2.34. The van der Waals surface area contributed by atoms with E-state index in [1.807, 2.05) is 6.92 Å². The largest absolute Gasteiger partial charge is 0.377 e. The molecule has 0 N–H and O–H groups in total. The summed E-state index contributed by atoms with van der Waals surface area (Å²) in [5.41, 5.74) is 0.613. The number of aryl methyl sites for hydroxylation is 2. The van der Waals surface area contributed by atoms with Crippen LogP contribution in [0.2, 0.25) is 0 Å². The van der Waals surface area contributed by atoms with E-state index in [2.05, 4.69) is 18.0 Å². The summed E-state index contributed by atoms with van der Waals surface area (Å²) in [6.07, 6.45) is 2.11. The summed E-state index contributed by atoms with van der Waals surface area (Å²) in [7, 11) is 0. The average Bonchev–Trinajstić information content (AvgIpc) is 2.48. The zero-order valence-corrected chi connectivity index (χ0v) is 9.86. The lowest BCUT2D eigenvalue weighted by Crippen LogP contribution is -2.45. The van der Waals surface area contributed by atoms with Gasteiger partial charge in [0.2, 0.25) is 0 Å². The first-order chi connectivity index (χ1) is 7.22. The molecule has 0 atom stereocenters. The third-order valence-electron chi connectivity index (χ3n) is 2.65. The van der Waals surface area contributed by atoms with Gasteiger partial charge in [-0.3, -0.25) is 0 Å². The van der Waals surface area contributed by atoms with Gasteiger partial charge in [-0.05, 0) is 19.8 Å². The van der Waals surface area contributed by atoms with Crippen molar-refractivity contribution in [2.24, 2.45) is 0 Å². The fraction of sp³-hybridized carbons (Fsp3) is 0.636. The highest BCUT2D eigenvalue weighted by Gasteiger charge is 2.43. The van der Waals surface area contributed by atoms with Gasteiger partial charge in [0.25, 0.3) is 0 Å². The lowest BCUT2D eigenvalue weighted by molar-refractivity contribution is -0.0284. The Kier molecular flexibility index (Phi) is 2.76. The molecule has 2 heterocycles. The van der Waals surface area contributed by atoms with Crippen molar-refractivity contribution in [2.75, 3.05) is 13.2 Å². The van der Waals surface area contributed by atoms with E-state index < -0.39 is 5.41 Å². The van der Waals surface area contributed by atoms with Gasteiger partial charge in [0, 0.05) is 0 Å². The number of aromatic nitrogens is 1. The van der Waals surface area contributed by atoms with Gasteiger partial charge in [0.05, 0.1) is 34.9 Å². The molecular weight excluding hydrogens is 208 g/mol. The Morgan fingerprint density at radius 2 is 2.33 bits per heavy atom. The first kappa shape index (κ1) is 10.6. The quantitative estimate of drug-likeness (QED) is 0.787. The second-order valence-corrected chi connectivity index (χ2v) is 5.04. The number of hydrogen-bond donors (Lipinski definition) is 0. The fourth-order valence-corrected chi connectivity index (χ4v) is 3.05. The normalized spacial score (nSPS) is 18.2. The van der Waals surface area contributed by atoms with Crippen molar-refractivity contribution in [3.05, 3.63) is 15.6 Å². The monoisotopic (exact) mass is 222 g/mol. The van der Waals surface area contributed by atoms with Crippen molar-refractivity contribution >= 4 is 11.3 Å². The predicted molar refractivity (Wildman–Crippen MR) is 59.0 cm³/mol. The standard InChI is InChI=1S/C11H14N2OS/c1-3-4-9-13-8(2)10(15-9)11(5-12)6-14-7-11/h3-4,6-7H2,1-2H3. The Labute approximate surface area is 93.7 Å². The third-order valence-corrected chi connectivity index (χ3v) is 4.07. The molecule has 4 heteroatoms. The molecule has 1 aliphatic rings. The molecule has 1 aromatic heterocycles. The predicted octanol–water partition coefficient (Wildman–Crippen LogP) is 2.20. The molecule has 1 fully saturated rings. The van der Waals surface area contributed by atoms with Crippen LogP contribution in [0.4, 0.5) is 0 Å². The van der Waals surface area contributed by atoms with E-state index in [0.29, 0.717) is 13.2 Å². The number of nitriles is 1. The van der Waals surface area contributed by atoms with Crippen LogP contribution in [0.1, 0.15) is 28.9 Å². The molecule has 2 rings (SSSR count). The topological polar surface area (TPSA) is 45.9 Å². The van der Waals surface area contributed by atoms with Crippen molar-refractivity contribution in [2.45, 2.75) is 32.1 Å². The number of rotatable bonds is 3. The molecule has 0 saturated carbocycles. The van der Waals surface area contributed by atoms with E-state index in [0.717, 1.165) is 28.4 Å². The summed E-state index contributed by atoms with van der Waals surface area (Å²) in [6.45, 7) is 5.18. The van der Waals surface area contributed by atoms with Crippen LogP contribution in [0.3, 0.4) is 0 Å². The van der Waals surface area contributed by atoms with Crippen molar-refractivity contribution in [1.82, 2.24) is 4.98 Å². The van der Waals surface area contributed by atoms with Crippen LogP contribution in [-0.4, -0.2) is 18.2 Å². The summed E-state index contributed by atoms with van der Waals surface area (Å²) in [6, 6.07) is 2.37. The van der Waals surface area contributed by atoms with E-state index in [-0.39, 0.29) is 0 Å². The van der Waals surface area contributed by atoms with E-state index in [9.17, 15) is 5.26 Å². The van der Waals surface area contributed by atoms with E-state index in [4.69, 9.17) is 4.74 Å². The molecule has 0 spiro atoms. The Morgan fingerprint density at radius 3 is 2.80 bits per heavy atom. The molecule has 0 bridgehead atoms. The third kappa shape index (κ3) is 1.66. The zero-order valence-electron chi connectivity index (χ0n) is 9.04. The van der Waals surface area contributed by atoms with Gasteiger partial charge >= 0.3 is 0 Å². The van der Waals surface area contributed by atoms with Gasteiger partial charge in [0.1, 0.15) is 5.41 Å². The van der Waals surface area contributed by atoms with Gasteiger partial charge in [-0.1, -0.05) is 6.92 Å². The molecule has 15 heavy (non-hydrogen) atoms. The Balaban J connectivity index is 2.32. The number of hydrogen-bond acceptors (Lipinski definition) is 4. The summed E-state index contributed by atoms with van der Waals surface area (Å²) >= 11 is 1.68. The van der Waals surface area contributed by atoms with Crippen LogP contribution in [0, 0.1) is 18.3 Å². The van der Waals surface area contributed by atoms with E-state index in [1.165, 1.54) is 0 Å². The highest BCUT2D eigenvalue weighted by atomic mass is 32.1. The molecule has 1 saturated heterocycles. The molecule has 0 aromatic carbocycles. The van der Waals surface area contributed by atoms with Gasteiger partial charge in [-0.15, -0.1) is 11.3 Å². The summed E-state index contributed by atoms with van der Waals surface area (Å²) in [5, 5.41) is 10.3. The number of ether oxygens (including phenoxy) is 1. The first-order valence-electron chi connectivity index (χ1n) is 5.17. The molecule has 0 unspecified atom stereocenters. The minimum atomic E-state index is -0.395. The highest BCUT2D eigenvalue weighted by molar-refractivity contribution is 7.12. The van der Waals surface area contributed by atoms with Crippen LogP contribution < -0.4 is 0 Å². The van der Waals surface area contributed by atoms with Crippen molar-refractivity contribution in [1.29, 1.82) is 5.26 Å². The van der Waals surface area contributed by atoms with E-state index >= 15 is 0 Å². The summed E-state index contributed by atoms with van der Waals surface area (Å²) in [5.74, 6) is 0. The maximum absolute atomic E-state index is 9.20. The minimum absolute atomic E-state index is 0.395. The molecule has 0 radical (unpaired) electrons. The molecule has 3 nitrogen and oxygen atoms in total. The molecular formula is C11H14N2OS. The SMILES string of the molecule is CCCc1nc(C)c(C2(C#N)COC2)s1. The molecule has 0 amide bonds. The van der Waals surface area contributed by atoms with Gasteiger partial charge in [0.15, 0.2) is 0 Å². The summed E-state index contributed by atoms with van der Waals surface area (Å²) in [4.78, 5) is 5.62. The van der Waals surface area contributed by atoms with Crippen LogP contribution in [0.25, 0.3) is 0 Å². The van der Waals surface area contributed by atoms with Gasteiger partial charge in [-0.25, -0.2) is 4.98 Å². The zero-order chi connectivity index (χ0) is 10.9. The number of thiazole rings is 1. The first-order valence-corrected chi connectivity index (χ1v) is 5.99. The molecule has 1 aliphatic heterocycles. The van der Waals surface area contributed by atoms with Crippen LogP contribution in [-0.2, 0) is 16.6 Å². The molecule has 1 aromatic rings. The highest BCUT2D eigenvalue weighted by Crippen LogP contribution is 2.37. The fourth-order valence-electron chi connectivity index (χ4n) is 1.77. The van der Waals surface area contributed by atoms with Crippen LogP contribution >= 0.6 is 11.3 Å². The van der Waals surface area contributed by atoms with Gasteiger partial charge < -0.3 is 4.74 Å². The maximum Gasteiger partial charge on any atom is 0.140 e. The van der Waals surface area contributed by atoms with Gasteiger partial charge in [-0.2, -0.15) is 5.26 Å². The Morgan fingerprint density at radius 1 is 1.60 bits per heavy atom.